The van der Waals surface area contributed by atoms with Crippen molar-refractivity contribution in [2.24, 2.45) is 18.9 Å². The number of aliphatic hydroxyl groups is 1. The summed E-state index contributed by atoms with van der Waals surface area (Å²) in [5, 5.41) is 17.3. The normalized spacial score (nSPS) is 19.0. The van der Waals surface area contributed by atoms with E-state index in [0.29, 0.717) is 18.4 Å². The van der Waals surface area contributed by atoms with Crippen molar-refractivity contribution in [1.29, 1.82) is 0 Å². The standard InChI is InChI=1S/C16H30N4O/c1-12(2)9-17-10-15-13(3)18-19(4)16(15)20-7-5-14(11-20)6-8-21/h12,14,17,21H,5-11H2,1-4H3. The van der Waals surface area contributed by atoms with Crippen LogP contribution in [0.3, 0.4) is 0 Å². The predicted molar refractivity (Wildman–Crippen MR) is 86.5 cm³/mol. The van der Waals surface area contributed by atoms with Crippen LogP contribution in [0.25, 0.3) is 0 Å². The molecule has 1 aromatic heterocycles. The molecule has 0 aliphatic carbocycles. The monoisotopic (exact) mass is 294 g/mol. The number of nitrogens with one attached hydrogen (secondary N) is 1. The van der Waals surface area contributed by atoms with Gasteiger partial charge in [0.2, 0.25) is 0 Å². The molecule has 5 nitrogen and oxygen atoms in total. The van der Waals surface area contributed by atoms with E-state index in [2.05, 4.69) is 36.1 Å². The van der Waals surface area contributed by atoms with Crippen molar-refractivity contribution in [2.75, 3.05) is 31.1 Å². The van der Waals surface area contributed by atoms with Crippen LogP contribution in [0.2, 0.25) is 0 Å². The van der Waals surface area contributed by atoms with Gasteiger partial charge in [-0.15, -0.1) is 0 Å². The second-order valence-electron chi connectivity index (χ2n) is 6.65. The van der Waals surface area contributed by atoms with E-state index in [1.807, 2.05) is 11.7 Å². The van der Waals surface area contributed by atoms with Gasteiger partial charge >= 0.3 is 0 Å². The van der Waals surface area contributed by atoms with Crippen LogP contribution in [0.4, 0.5) is 5.82 Å². The third-order valence-electron chi connectivity index (χ3n) is 4.29. The van der Waals surface area contributed by atoms with Gasteiger partial charge < -0.3 is 15.3 Å². The van der Waals surface area contributed by atoms with Crippen LogP contribution in [-0.4, -0.2) is 41.1 Å². The number of aryl methyl sites for hydroxylation is 2. The van der Waals surface area contributed by atoms with Crippen LogP contribution in [0.5, 0.6) is 0 Å². The Morgan fingerprint density at radius 2 is 2.19 bits per heavy atom. The Labute approximate surface area is 128 Å². The molecule has 0 radical (unpaired) electrons. The van der Waals surface area contributed by atoms with Crippen LogP contribution in [-0.2, 0) is 13.6 Å². The van der Waals surface area contributed by atoms with Crippen molar-refractivity contribution in [2.45, 2.75) is 40.2 Å². The number of anilines is 1. The zero-order valence-electron chi connectivity index (χ0n) is 13.9. The van der Waals surface area contributed by atoms with Gasteiger partial charge in [-0.05, 0) is 38.1 Å². The van der Waals surface area contributed by atoms with Crippen LogP contribution >= 0.6 is 0 Å². The molecule has 1 saturated heterocycles. The fourth-order valence-corrected chi connectivity index (χ4v) is 3.22. The average Bonchev–Trinajstić information content (AvgIpc) is 2.95. The minimum atomic E-state index is 0.297. The topological polar surface area (TPSA) is 53.3 Å². The van der Waals surface area contributed by atoms with Gasteiger partial charge in [-0.2, -0.15) is 5.10 Å². The highest BCUT2D eigenvalue weighted by atomic mass is 16.3. The first-order chi connectivity index (χ1) is 10.0. The molecule has 1 atom stereocenters. The van der Waals surface area contributed by atoms with Crippen LogP contribution in [0, 0.1) is 18.8 Å². The first kappa shape index (κ1) is 16.3. The molecule has 120 valence electrons. The summed E-state index contributed by atoms with van der Waals surface area (Å²) in [6.07, 6.45) is 2.08. The number of hydrogen-bond acceptors (Lipinski definition) is 4. The molecular weight excluding hydrogens is 264 g/mol. The van der Waals surface area contributed by atoms with E-state index < -0.39 is 0 Å². The summed E-state index contributed by atoms with van der Waals surface area (Å²) in [6, 6.07) is 0. The summed E-state index contributed by atoms with van der Waals surface area (Å²) in [7, 11) is 2.04. The lowest BCUT2D eigenvalue weighted by Crippen LogP contribution is -2.26. The van der Waals surface area contributed by atoms with E-state index in [4.69, 9.17) is 5.11 Å². The third-order valence-corrected chi connectivity index (χ3v) is 4.29. The van der Waals surface area contributed by atoms with Gasteiger partial charge in [0, 0.05) is 38.9 Å². The van der Waals surface area contributed by atoms with Gasteiger partial charge in [-0.25, -0.2) is 0 Å². The summed E-state index contributed by atoms with van der Waals surface area (Å²) in [5.74, 6) is 2.53. The molecule has 0 amide bonds. The van der Waals surface area contributed by atoms with Crippen molar-refractivity contribution in [3.63, 3.8) is 0 Å². The van der Waals surface area contributed by atoms with E-state index in [9.17, 15) is 0 Å². The van der Waals surface area contributed by atoms with Crippen LogP contribution in [0.1, 0.15) is 37.9 Å². The number of hydrogen-bond donors (Lipinski definition) is 2. The highest BCUT2D eigenvalue weighted by molar-refractivity contribution is 5.51. The maximum absolute atomic E-state index is 9.12. The van der Waals surface area contributed by atoms with Crippen LogP contribution < -0.4 is 10.2 Å². The minimum Gasteiger partial charge on any atom is -0.396 e. The van der Waals surface area contributed by atoms with Gasteiger partial charge in [0.05, 0.1) is 5.69 Å². The molecule has 1 fully saturated rings. The van der Waals surface area contributed by atoms with Crippen LogP contribution in [0.15, 0.2) is 0 Å². The Balaban J connectivity index is 2.08. The Bertz CT molecular complexity index is 455. The van der Waals surface area contributed by atoms with Gasteiger partial charge in [0.25, 0.3) is 0 Å². The highest BCUT2D eigenvalue weighted by Gasteiger charge is 2.27. The summed E-state index contributed by atoms with van der Waals surface area (Å²) >= 11 is 0. The Morgan fingerprint density at radius 3 is 2.86 bits per heavy atom. The lowest BCUT2D eigenvalue weighted by molar-refractivity contribution is 0.263. The first-order valence-electron chi connectivity index (χ1n) is 8.12. The van der Waals surface area contributed by atoms with E-state index >= 15 is 0 Å². The Hall–Kier alpha value is -1.07. The van der Waals surface area contributed by atoms with Gasteiger partial charge in [-0.3, -0.25) is 4.68 Å². The lowest BCUT2D eigenvalue weighted by atomic mass is 10.1. The third kappa shape index (κ3) is 3.98. The number of aliphatic hydroxyl groups excluding tert-OH is 1. The number of rotatable bonds is 7. The van der Waals surface area contributed by atoms with Crippen molar-refractivity contribution in [3.05, 3.63) is 11.3 Å². The van der Waals surface area contributed by atoms with Gasteiger partial charge in [-0.1, -0.05) is 13.8 Å². The van der Waals surface area contributed by atoms with Crippen molar-refractivity contribution >= 4 is 5.82 Å². The summed E-state index contributed by atoms with van der Waals surface area (Å²) in [6.45, 7) is 10.9. The molecular formula is C16H30N4O. The van der Waals surface area contributed by atoms with Gasteiger partial charge in [0.15, 0.2) is 0 Å². The Kier molecular flexibility index (Phi) is 5.65. The fourth-order valence-electron chi connectivity index (χ4n) is 3.22. The number of nitrogens with zero attached hydrogens (tertiary/aromatic N) is 3. The molecule has 0 aromatic carbocycles. The van der Waals surface area contributed by atoms with Crippen molar-refractivity contribution in [1.82, 2.24) is 15.1 Å². The fraction of sp³-hybridized carbons (Fsp3) is 0.812. The molecule has 21 heavy (non-hydrogen) atoms. The zero-order chi connectivity index (χ0) is 15.4. The maximum Gasteiger partial charge on any atom is 0.131 e. The molecule has 1 unspecified atom stereocenters. The second-order valence-corrected chi connectivity index (χ2v) is 6.65. The molecule has 0 saturated carbocycles. The molecule has 2 rings (SSSR count). The molecule has 1 aliphatic heterocycles. The lowest BCUT2D eigenvalue weighted by Gasteiger charge is -2.21. The molecule has 0 bridgehead atoms. The maximum atomic E-state index is 9.12. The van der Waals surface area contributed by atoms with Gasteiger partial charge in [0.1, 0.15) is 5.82 Å². The molecule has 1 aromatic rings. The summed E-state index contributed by atoms with van der Waals surface area (Å²) in [4.78, 5) is 2.44. The van der Waals surface area contributed by atoms with E-state index in [-0.39, 0.29) is 0 Å². The molecule has 1 aliphatic rings. The second kappa shape index (κ2) is 7.27. The quantitative estimate of drug-likeness (QED) is 0.803. The first-order valence-corrected chi connectivity index (χ1v) is 8.12. The Morgan fingerprint density at radius 1 is 1.43 bits per heavy atom. The molecule has 2 heterocycles. The van der Waals surface area contributed by atoms with E-state index in [0.717, 1.165) is 38.3 Å². The SMILES string of the molecule is Cc1nn(C)c(N2CCC(CCO)C2)c1CNCC(C)C. The summed E-state index contributed by atoms with van der Waals surface area (Å²) in [5.41, 5.74) is 2.44. The largest absolute Gasteiger partial charge is 0.396 e. The average molecular weight is 294 g/mol. The van der Waals surface area contributed by atoms with E-state index in [1.54, 1.807) is 0 Å². The highest BCUT2D eigenvalue weighted by Crippen LogP contribution is 2.29. The predicted octanol–water partition coefficient (Wildman–Crippen LogP) is 1.68. The summed E-state index contributed by atoms with van der Waals surface area (Å²) < 4.78 is 2.02. The minimum absolute atomic E-state index is 0.297. The van der Waals surface area contributed by atoms with Crippen molar-refractivity contribution in [3.8, 4) is 0 Å². The van der Waals surface area contributed by atoms with Crippen molar-refractivity contribution < 1.29 is 5.11 Å². The smallest absolute Gasteiger partial charge is 0.131 e. The molecule has 5 heteroatoms. The number of aromatic nitrogens is 2. The zero-order valence-corrected chi connectivity index (χ0v) is 13.9. The van der Waals surface area contributed by atoms with E-state index in [1.165, 1.54) is 17.8 Å². The molecule has 0 spiro atoms. The molecule has 2 N–H and O–H groups in total.